The second-order valence-electron chi connectivity index (χ2n) is 8.33. The molecule has 0 saturated carbocycles. The molecule has 0 atom stereocenters. The number of pyridine rings is 1. The third-order valence-corrected chi connectivity index (χ3v) is 5.76. The number of anilines is 1. The Hall–Kier alpha value is -3.54. The lowest BCUT2D eigenvalue weighted by molar-refractivity contribution is 0.613. The van der Waals surface area contributed by atoms with Crippen LogP contribution in [0.15, 0.2) is 55.1 Å². The number of hydrogen-bond donors (Lipinski definition) is 1. The number of aryl methyl sites for hydroxylation is 1. The molecule has 3 aromatic heterocycles. The van der Waals surface area contributed by atoms with Crippen LogP contribution in [0.3, 0.4) is 0 Å². The number of nitrogens with one attached hydrogen (secondary N) is 1. The average molecular weight is 411 g/mol. The Labute approximate surface area is 182 Å². The second-order valence-corrected chi connectivity index (χ2v) is 8.33. The van der Waals surface area contributed by atoms with E-state index in [0.717, 1.165) is 41.9 Å². The van der Waals surface area contributed by atoms with Crippen LogP contribution in [0.4, 0.5) is 5.82 Å². The van der Waals surface area contributed by atoms with Crippen LogP contribution in [-0.4, -0.2) is 31.0 Å². The predicted molar refractivity (Wildman–Crippen MR) is 125 cm³/mol. The lowest BCUT2D eigenvalue weighted by Crippen LogP contribution is -2.08. The predicted octanol–water partition coefficient (Wildman–Crippen LogP) is 5.22. The summed E-state index contributed by atoms with van der Waals surface area (Å²) < 4.78 is 2.08. The zero-order chi connectivity index (χ0) is 21.4. The van der Waals surface area contributed by atoms with Crippen molar-refractivity contribution < 1.29 is 0 Å². The van der Waals surface area contributed by atoms with Crippen molar-refractivity contribution in [1.82, 2.24) is 24.5 Å². The van der Waals surface area contributed by atoms with E-state index in [1.165, 1.54) is 22.3 Å². The summed E-state index contributed by atoms with van der Waals surface area (Å²) in [7, 11) is 0. The Balaban J connectivity index is 1.44. The first-order valence-electron chi connectivity index (χ1n) is 10.8. The van der Waals surface area contributed by atoms with Gasteiger partial charge in [0.2, 0.25) is 0 Å². The summed E-state index contributed by atoms with van der Waals surface area (Å²) in [4.78, 5) is 18.5. The molecule has 0 amide bonds. The molecule has 1 aliphatic carbocycles. The van der Waals surface area contributed by atoms with Gasteiger partial charge in [-0.05, 0) is 62.4 Å². The number of benzene rings is 1. The molecular weight excluding hydrogens is 384 g/mol. The van der Waals surface area contributed by atoms with E-state index in [1.54, 1.807) is 12.4 Å². The lowest BCUT2D eigenvalue weighted by Gasteiger charge is -2.12. The summed E-state index contributed by atoms with van der Waals surface area (Å²) in [5, 5.41) is 3.53. The molecular formula is C25H26N6. The number of nitrogens with zero attached hydrogens (tertiary/aromatic N) is 5. The number of rotatable bonds is 6. The minimum absolute atomic E-state index is 0.262. The molecule has 6 heteroatoms. The second kappa shape index (κ2) is 7.95. The molecule has 6 nitrogen and oxygen atoms in total. The third kappa shape index (κ3) is 3.69. The van der Waals surface area contributed by atoms with Gasteiger partial charge in [0, 0.05) is 30.5 Å². The van der Waals surface area contributed by atoms with E-state index in [4.69, 9.17) is 9.97 Å². The molecule has 0 radical (unpaired) electrons. The summed E-state index contributed by atoms with van der Waals surface area (Å²) in [6.07, 6.45) is 9.70. The molecule has 1 aliphatic rings. The normalized spacial score (nSPS) is 13.0. The molecule has 31 heavy (non-hydrogen) atoms. The van der Waals surface area contributed by atoms with Crippen LogP contribution >= 0.6 is 0 Å². The van der Waals surface area contributed by atoms with Gasteiger partial charge in [0.15, 0.2) is 17.3 Å². The van der Waals surface area contributed by atoms with Gasteiger partial charge >= 0.3 is 0 Å². The smallest absolute Gasteiger partial charge is 0.166 e. The first kappa shape index (κ1) is 19.4. The Morgan fingerprint density at radius 2 is 2.06 bits per heavy atom. The van der Waals surface area contributed by atoms with Gasteiger partial charge in [-0.2, -0.15) is 0 Å². The van der Waals surface area contributed by atoms with Crippen molar-refractivity contribution in [3.8, 4) is 11.4 Å². The zero-order valence-corrected chi connectivity index (χ0v) is 18.1. The largest absolute Gasteiger partial charge is 0.368 e. The van der Waals surface area contributed by atoms with Crippen molar-refractivity contribution in [3.05, 3.63) is 71.8 Å². The van der Waals surface area contributed by atoms with Gasteiger partial charge in [-0.3, -0.25) is 4.98 Å². The fraction of sp³-hybridized carbons (Fsp3) is 0.280. The summed E-state index contributed by atoms with van der Waals surface area (Å²) >= 11 is 0. The van der Waals surface area contributed by atoms with Gasteiger partial charge in [-0.1, -0.05) is 29.8 Å². The van der Waals surface area contributed by atoms with E-state index >= 15 is 0 Å². The van der Waals surface area contributed by atoms with Crippen LogP contribution in [0.1, 0.15) is 43.0 Å². The molecule has 0 spiro atoms. The molecule has 5 rings (SSSR count). The summed E-state index contributed by atoms with van der Waals surface area (Å²) in [5.41, 5.74) is 8.04. The van der Waals surface area contributed by atoms with Crippen LogP contribution in [0.25, 0.3) is 28.1 Å². The van der Waals surface area contributed by atoms with Crippen molar-refractivity contribution >= 4 is 22.6 Å². The highest BCUT2D eigenvalue weighted by Crippen LogP contribution is 2.31. The van der Waals surface area contributed by atoms with E-state index in [-0.39, 0.29) is 6.04 Å². The molecule has 1 aromatic carbocycles. The molecule has 0 unspecified atom stereocenters. The molecule has 4 aromatic rings. The SMILES string of the molecule is Cc1ccc2c(c1)C(CCNc1nc(-c3cccnc3)nc3c1ncn3C(C)C)=CC2. The third-order valence-electron chi connectivity index (χ3n) is 5.76. The van der Waals surface area contributed by atoms with E-state index in [9.17, 15) is 0 Å². The number of aromatic nitrogens is 5. The topological polar surface area (TPSA) is 68.5 Å². The quantitative estimate of drug-likeness (QED) is 0.472. The van der Waals surface area contributed by atoms with Gasteiger partial charge < -0.3 is 9.88 Å². The van der Waals surface area contributed by atoms with Crippen LogP contribution in [0.5, 0.6) is 0 Å². The summed E-state index contributed by atoms with van der Waals surface area (Å²) in [6.45, 7) is 7.20. The van der Waals surface area contributed by atoms with Crippen molar-refractivity contribution in [2.45, 2.75) is 39.7 Å². The molecule has 1 N–H and O–H groups in total. The van der Waals surface area contributed by atoms with Crippen LogP contribution in [0.2, 0.25) is 0 Å². The van der Waals surface area contributed by atoms with Crippen molar-refractivity contribution in [1.29, 1.82) is 0 Å². The van der Waals surface area contributed by atoms with Crippen molar-refractivity contribution in [3.63, 3.8) is 0 Å². The molecule has 0 bridgehead atoms. The monoisotopic (exact) mass is 410 g/mol. The number of hydrogen-bond acceptors (Lipinski definition) is 5. The van der Waals surface area contributed by atoms with Crippen LogP contribution in [0, 0.1) is 6.92 Å². The van der Waals surface area contributed by atoms with E-state index in [2.05, 4.69) is 64.9 Å². The van der Waals surface area contributed by atoms with Gasteiger partial charge in [0.05, 0.1) is 6.33 Å². The number of imidazole rings is 1. The molecule has 0 fully saturated rings. The van der Waals surface area contributed by atoms with E-state index in [1.807, 2.05) is 18.5 Å². The highest BCUT2D eigenvalue weighted by atomic mass is 15.2. The van der Waals surface area contributed by atoms with Gasteiger partial charge in [-0.25, -0.2) is 15.0 Å². The van der Waals surface area contributed by atoms with Crippen molar-refractivity contribution in [2.24, 2.45) is 0 Å². The minimum atomic E-state index is 0.262. The Bertz CT molecular complexity index is 1270. The zero-order valence-electron chi connectivity index (χ0n) is 18.1. The maximum absolute atomic E-state index is 4.81. The molecule has 0 saturated heterocycles. The lowest BCUT2D eigenvalue weighted by atomic mass is 10.0. The molecule has 3 heterocycles. The summed E-state index contributed by atoms with van der Waals surface area (Å²) in [6, 6.07) is 10.9. The van der Waals surface area contributed by atoms with Gasteiger partial charge in [-0.15, -0.1) is 0 Å². The number of allylic oxidation sites excluding steroid dienone is 1. The van der Waals surface area contributed by atoms with Gasteiger partial charge in [0.25, 0.3) is 0 Å². The maximum atomic E-state index is 4.81. The Morgan fingerprint density at radius 1 is 1.16 bits per heavy atom. The fourth-order valence-corrected chi connectivity index (χ4v) is 4.10. The standard InChI is InChI=1S/C25H26N6/c1-16(2)31-15-28-22-24(29-23(30-25(22)31)20-5-4-11-26-14-20)27-12-10-19-9-8-18-7-6-17(3)13-21(18)19/h4-7,9,11,13-16H,8,10,12H2,1-3H3,(H,27,29,30). The van der Waals surface area contributed by atoms with Crippen LogP contribution < -0.4 is 5.32 Å². The highest BCUT2D eigenvalue weighted by Gasteiger charge is 2.17. The summed E-state index contributed by atoms with van der Waals surface area (Å²) in [5.74, 6) is 1.43. The molecule has 0 aliphatic heterocycles. The van der Waals surface area contributed by atoms with Crippen LogP contribution in [-0.2, 0) is 6.42 Å². The average Bonchev–Trinajstić information content (AvgIpc) is 3.38. The van der Waals surface area contributed by atoms with E-state index in [0.29, 0.717) is 5.82 Å². The first-order valence-corrected chi connectivity index (χ1v) is 10.8. The van der Waals surface area contributed by atoms with Crippen molar-refractivity contribution in [2.75, 3.05) is 11.9 Å². The maximum Gasteiger partial charge on any atom is 0.166 e. The minimum Gasteiger partial charge on any atom is -0.368 e. The molecule has 156 valence electrons. The Morgan fingerprint density at radius 3 is 2.87 bits per heavy atom. The van der Waals surface area contributed by atoms with E-state index < -0.39 is 0 Å². The highest BCUT2D eigenvalue weighted by molar-refractivity contribution is 5.85. The fourth-order valence-electron chi connectivity index (χ4n) is 4.10. The first-order chi connectivity index (χ1) is 15.1. The number of fused-ring (bicyclic) bond motifs is 2. The van der Waals surface area contributed by atoms with Gasteiger partial charge in [0.1, 0.15) is 5.52 Å². The Kier molecular flexibility index (Phi) is 4.98.